The Morgan fingerprint density at radius 3 is 2.68 bits per heavy atom. The molecule has 0 aliphatic heterocycles. The third-order valence-electron chi connectivity index (χ3n) is 2.58. The Morgan fingerprint density at radius 1 is 1.32 bits per heavy atom. The second-order valence-corrected chi connectivity index (χ2v) is 7.66. The molecule has 1 aromatic carbocycles. The number of benzene rings is 1. The lowest BCUT2D eigenvalue weighted by atomic mass is 10.1. The highest BCUT2D eigenvalue weighted by Gasteiger charge is 2.16. The second kappa shape index (κ2) is 5.58. The maximum atomic E-state index is 13.1. The molecule has 0 bridgehead atoms. The highest BCUT2D eigenvalue weighted by atomic mass is 35.5. The van der Waals surface area contributed by atoms with Crippen LogP contribution < -0.4 is 4.72 Å². The highest BCUT2D eigenvalue weighted by Crippen LogP contribution is 2.25. The molecule has 1 aromatic heterocycles. The van der Waals surface area contributed by atoms with Gasteiger partial charge in [0.05, 0.1) is 4.34 Å². The molecule has 0 unspecified atom stereocenters. The molecule has 2 aromatic rings. The first kappa shape index (κ1) is 14.5. The summed E-state index contributed by atoms with van der Waals surface area (Å²) in [5.74, 6) is -0.390. The Hall–Kier alpha value is -0.950. The smallest absolute Gasteiger partial charge is 0.207 e. The van der Waals surface area contributed by atoms with E-state index in [0.717, 1.165) is 16.9 Å². The van der Waals surface area contributed by atoms with Crippen molar-refractivity contribution in [3.05, 3.63) is 51.6 Å². The van der Waals surface area contributed by atoms with Crippen LogP contribution in [0.3, 0.4) is 0 Å². The molecule has 0 aliphatic rings. The second-order valence-electron chi connectivity index (χ2n) is 3.95. The molecule has 0 spiro atoms. The van der Waals surface area contributed by atoms with Gasteiger partial charge in [-0.3, -0.25) is 0 Å². The summed E-state index contributed by atoms with van der Waals surface area (Å²) in [4.78, 5) is 0. The number of thiophene rings is 1. The van der Waals surface area contributed by atoms with Crippen molar-refractivity contribution >= 4 is 33.0 Å². The van der Waals surface area contributed by atoms with Gasteiger partial charge in [0.1, 0.15) is 10.0 Å². The maximum Gasteiger partial charge on any atom is 0.250 e. The van der Waals surface area contributed by atoms with E-state index in [0.29, 0.717) is 9.90 Å². The van der Waals surface area contributed by atoms with Gasteiger partial charge in [0.15, 0.2) is 0 Å². The summed E-state index contributed by atoms with van der Waals surface area (Å²) in [6, 6.07) is 7.23. The van der Waals surface area contributed by atoms with E-state index in [-0.39, 0.29) is 16.6 Å². The number of aryl methyl sites for hydroxylation is 1. The van der Waals surface area contributed by atoms with Crippen LogP contribution in [0.5, 0.6) is 0 Å². The SMILES string of the molecule is Cc1ccc(F)cc1CNS(=O)(=O)c1ccc(Cl)s1. The van der Waals surface area contributed by atoms with E-state index >= 15 is 0 Å². The normalized spacial score (nSPS) is 11.7. The van der Waals surface area contributed by atoms with Gasteiger partial charge in [-0.1, -0.05) is 17.7 Å². The molecule has 7 heteroatoms. The topological polar surface area (TPSA) is 46.2 Å². The Balaban J connectivity index is 2.16. The van der Waals surface area contributed by atoms with E-state index < -0.39 is 10.0 Å². The van der Waals surface area contributed by atoms with Gasteiger partial charge in [-0.25, -0.2) is 17.5 Å². The fourth-order valence-corrected chi connectivity index (χ4v) is 4.05. The summed E-state index contributed by atoms with van der Waals surface area (Å²) in [6.07, 6.45) is 0. The van der Waals surface area contributed by atoms with E-state index in [4.69, 9.17) is 11.6 Å². The summed E-state index contributed by atoms with van der Waals surface area (Å²) in [5.41, 5.74) is 1.43. The number of hydrogen-bond acceptors (Lipinski definition) is 3. The van der Waals surface area contributed by atoms with Gasteiger partial charge in [-0.2, -0.15) is 0 Å². The fraction of sp³-hybridized carbons (Fsp3) is 0.167. The minimum atomic E-state index is -3.61. The predicted octanol–water partition coefficient (Wildman–Crippen LogP) is 3.33. The Bertz CT molecular complexity index is 698. The molecule has 1 heterocycles. The molecule has 0 amide bonds. The van der Waals surface area contributed by atoms with Gasteiger partial charge < -0.3 is 0 Å². The molecule has 1 N–H and O–H groups in total. The van der Waals surface area contributed by atoms with Crippen LogP contribution in [-0.4, -0.2) is 8.42 Å². The Morgan fingerprint density at radius 2 is 2.05 bits per heavy atom. The third-order valence-corrected chi connectivity index (χ3v) is 5.70. The molecule has 0 saturated carbocycles. The van der Waals surface area contributed by atoms with Crippen LogP contribution in [0, 0.1) is 12.7 Å². The molecule has 0 radical (unpaired) electrons. The van der Waals surface area contributed by atoms with Crippen molar-refractivity contribution in [2.75, 3.05) is 0 Å². The summed E-state index contributed by atoms with van der Waals surface area (Å²) in [7, 11) is -3.61. The molecule has 2 rings (SSSR count). The molecule has 0 aliphatic carbocycles. The van der Waals surface area contributed by atoms with Crippen molar-refractivity contribution in [1.82, 2.24) is 4.72 Å². The molecule has 0 atom stereocenters. The summed E-state index contributed by atoms with van der Waals surface area (Å²) >= 11 is 6.68. The van der Waals surface area contributed by atoms with Crippen LogP contribution in [0.25, 0.3) is 0 Å². The van der Waals surface area contributed by atoms with Gasteiger partial charge in [-0.15, -0.1) is 11.3 Å². The van der Waals surface area contributed by atoms with Gasteiger partial charge in [0.2, 0.25) is 10.0 Å². The highest BCUT2D eigenvalue weighted by molar-refractivity contribution is 7.91. The van der Waals surface area contributed by atoms with Crippen molar-refractivity contribution in [2.24, 2.45) is 0 Å². The van der Waals surface area contributed by atoms with Crippen LogP contribution in [0.15, 0.2) is 34.5 Å². The average molecular weight is 320 g/mol. The van der Waals surface area contributed by atoms with Crippen LogP contribution in [0.1, 0.15) is 11.1 Å². The van der Waals surface area contributed by atoms with Crippen molar-refractivity contribution in [3.8, 4) is 0 Å². The van der Waals surface area contributed by atoms with Crippen LogP contribution in [0.4, 0.5) is 4.39 Å². The standard InChI is InChI=1S/C12H11ClFNO2S2/c1-8-2-3-10(14)6-9(8)7-15-19(16,17)12-5-4-11(13)18-12/h2-6,15H,7H2,1H3. The zero-order valence-electron chi connectivity index (χ0n) is 9.98. The molecule has 0 saturated heterocycles. The number of nitrogens with one attached hydrogen (secondary N) is 1. The summed E-state index contributed by atoms with van der Waals surface area (Å²) in [5, 5.41) is 0. The predicted molar refractivity (Wildman–Crippen MR) is 74.5 cm³/mol. The van der Waals surface area contributed by atoms with E-state index in [9.17, 15) is 12.8 Å². The van der Waals surface area contributed by atoms with Crippen molar-refractivity contribution in [3.63, 3.8) is 0 Å². The number of sulfonamides is 1. The van der Waals surface area contributed by atoms with E-state index in [1.165, 1.54) is 24.3 Å². The number of hydrogen-bond donors (Lipinski definition) is 1. The van der Waals surface area contributed by atoms with Crippen LogP contribution in [-0.2, 0) is 16.6 Å². The molecule has 19 heavy (non-hydrogen) atoms. The Labute approximate surface area is 120 Å². The van der Waals surface area contributed by atoms with Crippen LogP contribution in [0.2, 0.25) is 4.34 Å². The zero-order chi connectivity index (χ0) is 14.0. The van der Waals surface area contributed by atoms with Crippen molar-refractivity contribution in [1.29, 1.82) is 0 Å². The van der Waals surface area contributed by atoms with Gasteiger partial charge in [0, 0.05) is 6.54 Å². The number of halogens is 2. The lowest BCUT2D eigenvalue weighted by Gasteiger charge is -2.07. The first-order valence-electron chi connectivity index (χ1n) is 5.38. The van der Waals surface area contributed by atoms with Crippen molar-refractivity contribution < 1.29 is 12.8 Å². The van der Waals surface area contributed by atoms with E-state index in [2.05, 4.69) is 4.72 Å². The van der Waals surface area contributed by atoms with Gasteiger partial charge in [-0.05, 0) is 42.3 Å². The largest absolute Gasteiger partial charge is 0.250 e. The average Bonchev–Trinajstić information content (AvgIpc) is 2.78. The van der Waals surface area contributed by atoms with Gasteiger partial charge >= 0.3 is 0 Å². The van der Waals surface area contributed by atoms with E-state index in [1.807, 2.05) is 0 Å². The minimum absolute atomic E-state index is 0.0431. The number of rotatable bonds is 4. The molecule has 0 fully saturated rings. The summed E-state index contributed by atoms with van der Waals surface area (Å²) in [6.45, 7) is 1.84. The Kier molecular flexibility index (Phi) is 4.25. The lowest BCUT2D eigenvalue weighted by molar-refractivity contribution is 0.582. The first-order valence-corrected chi connectivity index (χ1v) is 8.06. The third kappa shape index (κ3) is 3.54. The molecule has 3 nitrogen and oxygen atoms in total. The minimum Gasteiger partial charge on any atom is -0.207 e. The fourth-order valence-electron chi connectivity index (χ4n) is 1.52. The van der Waals surface area contributed by atoms with Crippen LogP contribution >= 0.6 is 22.9 Å². The maximum absolute atomic E-state index is 13.1. The first-order chi connectivity index (χ1) is 8.88. The zero-order valence-corrected chi connectivity index (χ0v) is 12.4. The summed E-state index contributed by atoms with van der Waals surface area (Å²) < 4.78 is 40.0. The van der Waals surface area contributed by atoms with Gasteiger partial charge in [0.25, 0.3) is 0 Å². The quantitative estimate of drug-likeness (QED) is 0.939. The molecule has 102 valence electrons. The van der Waals surface area contributed by atoms with E-state index in [1.54, 1.807) is 13.0 Å². The molecular formula is C12H11ClFNO2S2. The lowest BCUT2D eigenvalue weighted by Crippen LogP contribution is -2.22. The molecular weight excluding hydrogens is 309 g/mol. The van der Waals surface area contributed by atoms with Crippen molar-refractivity contribution in [2.45, 2.75) is 17.7 Å². The monoisotopic (exact) mass is 319 g/mol.